The van der Waals surface area contributed by atoms with Crippen LogP contribution < -0.4 is 5.32 Å². The molecule has 1 aliphatic rings. The van der Waals surface area contributed by atoms with E-state index >= 15 is 0 Å². The van der Waals surface area contributed by atoms with Crippen molar-refractivity contribution in [2.45, 2.75) is 32.7 Å². The van der Waals surface area contributed by atoms with Crippen LogP contribution in [-0.4, -0.2) is 17.5 Å². The molecule has 0 unspecified atom stereocenters. The predicted molar refractivity (Wildman–Crippen MR) is 90.1 cm³/mol. The zero-order valence-corrected chi connectivity index (χ0v) is 13.2. The summed E-state index contributed by atoms with van der Waals surface area (Å²) in [5, 5.41) is 3.05. The van der Waals surface area contributed by atoms with Crippen LogP contribution in [0.3, 0.4) is 0 Å². The van der Waals surface area contributed by atoms with Crippen molar-refractivity contribution in [1.82, 2.24) is 4.90 Å². The maximum Gasteiger partial charge on any atom is 0.322 e. The SMILES string of the molecule is Cc1cccc([C@H]2CCCN2C(=O)Nc2ccccc2C)c1. The van der Waals surface area contributed by atoms with Gasteiger partial charge in [-0.15, -0.1) is 0 Å². The number of para-hydroxylation sites is 1. The highest BCUT2D eigenvalue weighted by molar-refractivity contribution is 5.90. The molecule has 0 aromatic heterocycles. The number of hydrogen-bond acceptors (Lipinski definition) is 1. The lowest BCUT2D eigenvalue weighted by molar-refractivity contribution is 0.207. The highest BCUT2D eigenvalue weighted by atomic mass is 16.2. The highest BCUT2D eigenvalue weighted by Gasteiger charge is 2.30. The van der Waals surface area contributed by atoms with Crippen molar-refractivity contribution in [3.63, 3.8) is 0 Å². The van der Waals surface area contributed by atoms with Crippen LogP contribution in [0.5, 0.6) is 0 Å². The maximum atomic E-state index is 12.7. The average Bonchev–Trinajstić information content (AvgIpc) is 2.99. The van der Waals surface area contributed by atoms with E-state index in [1.54, 1.807) is 0 Å². The number of amides is 2. The van der Waals surface area contributed by atoms with Crippen molar-refractivity contribution < 1.29 is 4.79 Å². The summed E-state index contributed by atoms with van der Waals surface area (Å²) in [5.74, 6) is 0. The van der Waals surface area contributed by atoms with Gasteiger partial charge in [0, 0.05) is 12.2 Å². The largest absolute Gasteiger partial charge is 0.322 e. The Kier molecular flexibility index (Phi) is 4.14. The number of rotatable bonds is 2. The Morgan fingerprint density at radius 2 is 1.95 bits per heavy atom. The number of aryl methyl sites for hydroxylation is 2. The third-order valence-electron chi connectivity index (χ3n) is 4.33. The number of likely N-dealkylation sites (tertiary alicyclic amines) is 1. The summed E-state index contributed by atoms with van der Waals surface area (Å²) in [6.07, 6.45) is 2.09. The summed E-state index contributed by atoms with van der Waals surface area (Å²) >= 11 is 0. The topological polar surface area (TPSA) is 32.3 Å². The quantitative estimate of drug-likeness (QED) is 0.857. The standard InChI is InChI=1S/C19H22N2O/c1-14-7-5-9-16(13-14)18-11-6-12-21(18)19(22)20-17-10-4-3-8-15(17)2/h3-5,7-10,13,18H,6,11-12H2,1-2H3,(H,20,22)/t18-/m1/s1. The third-order valence-corrected chi connectivity index (χ3v) is 4.33. The van der Waals surface area contributed by atoms with E-state index in [1.807, 2.05) is 36.1 Å². The number of nitrogens with zero attached hydrogens (tertiary/aromatic N) is 1. The molecule has 114 valence electrons. The van der Waals surface area contributed by atoms with Gasteiger partial charge in [-0.1, -0.05) is 48.0 Å². The van der Waals surface area contributed by atoms with Crippen LogP contribution in [-0.2, 0) is 0 Å². The van der Waals surface area contributed by atoms with E-state index in [-0.39, 0.29) is 12.1 Å². The Hall–Kier alpha value is -2.29. The van der Waals surface area contributed by atoms with Crippen LogP contribution in [0.25, 0.3) is 0 Å². The van der Waals surface area contributed by atoms with E-state index in [9.17, 15) is 4.79 Å². The fraction of sp³-hybridized carbons (Fsp3) is 0.316. The monoisotopic (exact) mass is 294 g/mol. The molecule has 0 aliphatic carbocycles. The van der Waals surface area contributed by atoms with Gasteiger partial charge in [0.1, 0.15) is 0 Å². The zero-order valence-electron chi connectivity index (χ0n) is 13.2. The van der Waals surface area contributed by atoms with Gasteiger partial charge in [0.25, 0.3) is 0 Å². The van der Waals surface area contributed by atoms with Crippen molar-refractivity contribution in [3.05, 3.63) is 65.2 Å². The summed E-state index contributed by atoms with van der Waals surface area (Å²) in [4.78, 5) is 14.6. The number of benzene rings is 2. The molecule has 1 heterocycles. The van der Waals surface area contributed by atoms with Gasteiger partial charge in [-0.25, -0.2) is 4.79 Å². The minimum atomic E-state index is -0.00157. The summed E-state index contributed by atoms with van der Waals surface area (Å²) in [6.45, 7) is 4.92. The molecule has 0 bridgehead atoms. The summed E-state index contributed by atoms with van der Waals surface area (Å²) in [6, 6.07) is 16.5. The summed E-state index contributed by atoms with van der Waals surface area (Å²) in [5.41, 5.74) is 4.45. The van der Waals surface area contributed by atoms with E-state index in [0.717, 1.165) is 30.6 Å². The van der Waals surface area contributed by atoms with Gasteiger partial charge in [0.15, 0.2) is 0 Å². The molecular formula is C19H22N2O. The summed E-state index contributed by atoms with van der Waals surface area (Å²) < 4.78 is 0. The molecule has 0 radical (unpaired) electrons. The van der Waals surface area contributed by atoms with Gasteiger partial charge in [0.2, 0.25) is 0 Å². The second-order valence-electron chi connectivity index (χ2n) is 6.01. The minimum Gasteiger partial charge on any atom is -0.317 e. The number of nitrogens with one attached hydrogen (secondary N) is 1. The first-order valence-corrected chi connectivity index (χ1v) is 7.85. The van der Waals surface area contributed by atoms with Crippen LogP contribution in [0.15, 0.2) is 48.5 Å². The Labute approximate surface area is 132 Å². The molecule has 0 spiro atoms. The first kappa shape index (κ1) is 14.6. The normalized spacial score (nSPS) is 17.5. The van der Waals surface area contributed by atoms with Crippen molar-refractivity contribution in [3.8, 4) is 0 Å². The molecule has 2 aromatic rings. The lowest BCUT2D eigenvalue weighted by Gasteiger charge is -2.26. The molecule has 1 saturated heterocycles. The predicted octanol–water partition coefficient (Wildman–Crippen LogP) is 4.67. The fourth-order valence-electron chi connectivity index (χ4n) is 3.13. The third kappa shape index (κ3) is 2.98. The Morgan fingerprint density at radius 3 is 2.73 bits per heavy atom. The minimum absolute atomic E-state index is 0.00157. The van der Waals surface area contributed by atoms with E-state index < -0.39 is 0 Å². The van der Waals surface area contributed by atoms with Crippen LogP contribution in [0.2, 0.25) is 0 Å². The molecule has 22 heavy (non-hydrogen) atoms. The molecule has 2 amide bonds. The molecule has 1 N–H and O–H groups in total. The molecule has 3 nitrogen and oxygen atoms in total. The smallest absolute Gasteiger partial charge is 0.317 e. The second-order valence-corrected chi connectivity index (χ2v) is 6.01. The van der Waals surface area contributed by atoms with Crippen LogP contribution in [0, 0.1) is 13.8 Å². The van der Waals surface area contributed by atoms with Gasteiger partial charge in [-0.2, -0.15) is 0 Å². The number of hydrogen-bond donors (Lipinski definition) is 1. The van der Waals surface area contributed by atoms with Crippen molar-refractivity contribution in [1.29, 1.82) is 0 Å². The molecule has 1 fully saturated rings. The number of carbonyl (C=O) groups is 1. The van der Waals surface area contributed by atoms with Crippen molar-refractivity contribution >= 4 is 11.7 Å². The first-order chi connectivity index (χ1) is 10.6. The Bertz CT molecular complexity index is 681. The van der Waals surface area contributed by atoms with E-state index in [2.05, 4.69) is 36.5 Å². The summed E-state index contributed by atoms with van der Waals surface area (Å²) in [7, 11) is 0. The van der Waals surface area contributed by atoms with E-state index in [4.69, 9.17) is 0 Å². The fourth-order valence-corrected chi connectivity index (χ4v) is 3.13. The van der Waals surface area contributed by atoms with Crippen LogP contribution in [0.1, 0.15) is 35.6 Å². The number of carbonyl (C=O) groups excluding carboxylic acids is 1. The van der Waals surface area contributed by atoms with Gasteiger partial charge < -0.3 is 10.2 Å². The molecule has 3 heteroatoms. The van der Waals surface area contributed by atoms with Gasteiger partial charge in [-0.3, -0.25) is 0 Å². The molecule has 0 saturated carbocycles. The van der Waals surface area contributed by atoms with Crippen LogP contribution >= 0.6 is 0 Å². The highest BCUT2D eigenvalue weighted by Crippen LogP contribution is 2.32. The van der Waals surface area contributed by atoms with Gasteiger partial charge in [-0.05, 0) is 43.9 Å². The molecular weight excluding hydrogens is 272 g/mol. The molecule has 1 atom stereocenters. The molecule has 2 aromatic carbocycles. The average molecular weight is 294 g/mol. The molecule has 3 rings (SSSR count). The Balaban J connectivity index is 1.78. The zero-order chi connectivity index (χ0) is 15.5. The van der Waals surface area contributed by atoms with E-state index in [1.165, 1.54) is 11.1 Å². The number of urea groups is 1. The number of anilines is 1. The molecule has 1 aliphatic heterocycles. The maximum absolute atomic E-state index is 12.7. The Morgan fingerprint density at radius 1 is 1.14 bits per heavy atom. The van der Waals surface area contributed by atoms with Gasteiger partial charge in [0.05, 0.1) is 6.04 Å². The second kappa shape index (κ2) is 6.22. The lowest BCUT2D eigenvalue weighted by atomic mass is 10.0. The first-order valence-electron chi connectivity index (χ1n) is 7.85. The van der Waals surface area contributed by atoms with Crippen LogP contribution in [0.4, 0.5) is 10.5 Å². The van der Waals surface area contributed by atoms with Crippen molar-refractivity contribution in [2.24, 2.45) is 0 Å². The van der Waals surface area contributed by atoms with E-state index in [0.29, 0.717) is 0 Å². The van der Waals surface area contributed by atoms with Gasteiger partial charge >= 0.3 is 6.03 Å². The lowest BCUT2D eigenvalue weighted by Crippen LogP contribution is -2.34. The van der Waals surface area contributed by atoms with Crippen molar-refractivity contribution in [2.75, 3.05) is 11.9 Å².